The Hall–Kier alpha value is -3.76. The van der Waals surface area contributed by atoms with Crippen molar-refractivity contribution in [2.75, 3.05) is 18.0 Å². The number of aryl methyl sites for hydroxylation is 2. The van der Waals surface area contributed by atoms with E-state index in [4.69, 9.17) is 10.7 Å². The molecule has 2 N–H and O–H groups in total. The molecule has 0 unspecified atom stereocenters. The highest BCUT2D eigenvalue weighted by molar-refractivity contribution is 5.92. The van der Waals surface area contributed by atoms with E-state index in [1.165, 1.54) is 12.1 Å². The molecule has 1 atom stereocenters. The van der Waals surface area contributed by atoms with Gasteiger partial charge in [0.2, 0.25) is 0 Å². The van der Waals surface area contributed by atoms with Crippen LogP contribution in [-0.4, -0.2) is 33.7 Å². The standard InChI is InChI=1S/C25H23FN6/c1-15-4-3-5-22-23(15)30-25(31(22)2)21-13-29-12-20(24(21)32-7-6-19(28)14-32)17-8-16(11-27)9-18(26)10-17/h3-5,8-10,12-13,19H,6-7,14,28H2,1-2H3/t19-/m0/s1. The van der Waals surface area contributed by atoms with Gasteiger partial charge in [-0.15, -0.1) is 0 Å². The first kappa shape index (κ1) is 20.2. The van der Waals surface area contributed by atoms with Gasteiger partial charge in [-0.2, -0.15) is 5.26 Å². The number of aromatic nitrogens is 3. The van der Waals surface area contributed by atoms with Gasteiger partial charge in [-0.25, -0.2) is 9.37 Å². The number of para-hydroxylation sites is 1. The lowest BCUT2D eigenvalue weighted by Crippen LogP contribution is -2.27. The number of hydrogen-bond donors (Lipinski definition) is 1. The van der Waals surface area contributed by atoms with Gasteiger partial charge in [0.25, 0.3) is 0 Å². The molecule has 0 saturated carbocycles. The van der Waals surface area contributed by atoms with Crippen molar-refractivity contribution >= 4 is 16.7 Å². The summed E-state index contributed by atoms with van der Waals surface area (Å²) in [6, 6.07) is 12.6. The molecule has 1 saturated heterocycles. The fourth-order valence-electron chi connectivity index (χ4n) is 4.56. The number of nitrogens with two attached hydrogens (primary N) is 1. The minimum absolute atomic E-state index is 0.0636. The number of nitriles is 1. The van der Waals surface area contributed by atoms with E-state index in [0.29, 0.717) is 12.1 Å². The first-order valence-electron chi connectivity index (χ1n) is 10.6. The molecule has 3 heterocycles. The number of pyridine rings is 1. The summed E-state index contributed by atoms with van der Waals surface area (Å²) in [7, 11) is 1.99. The highest BCUT2D eigenvalue weighted by atomic mass is 19.1. The molecular formula is C25H23FN6. The number of hydrogen-bond acceptors (Lipinski definition) is 5. The first-order chi connectivity index (χ1) is 15.5. The van der Waals surface area contributed by atoms with Crippen molar-refractivity contribution in [3.8, 4) is 28.6 Å². The maximum atomic E-state index is 14.3. The van der Waals surface area contributed by atoms with Crippen LogP contribution in [0, 0.1) is 24.1 Å². The molecule has 1 fully saturated rings. The Kier molecular flexibility index (Phi) is 4.87. The molecule has 0 bridgehead atoms. The zero-order valence-electron chi connectivity index (χ0n) is 18.0. The molecule has 1 aliphatic heterocycles. The van der Waals surface area contributed by atoms with Crippen LogP contribution in [0.3, 0.4) is 0 Å². The van der Waals surface area contributed by atoms with Crippen molar-refractivity contribution in [3.63, 3.8) is 0 Å². The lowest BCUT2D eigenvalue weighted by Gasteiger charge is -2.25. The first-order valence-corrected chi connectivity index (χ1v) is 10.6. The SMILES string of the molecule is Cc1cccc2c1nc(-c1cncc(-c3cc(F)cc(C#N)c3)c1N1CC[C@H](N)C1)n2C. The summed E-state index contributed by atoms with van der Waals surface area (Å²) in [6.45, 7) is 3.52. The van der Waals surface area contributed by atoms with Gasteiger partial charge >= 0.3 is 0 Å². The Labute approximate surface area is 185 Å². The summed E-state index contributed by atoms with van der Waals surface area (Å²) in [5, 5.41) is 9.35. The van der Waals surface area contributed by atoms with Gasteiger partial charge in [0.15, 0.2) is 0 Å². The number of rotatable bonds is 3. The van der Waals surface area contributed by atoms with Crippen LogP contribution in [0.15, 0.2) is 48.8 Å². The summed E-state index contributed by atoms with van der Waals surface area (Å²) in [4.78, 5) is 11.7. The van der Waals surface area contributed by atoms with Crippen molar-refractivity contribution in [1.29, 1.82) is 5.26 Å². The third-order valence-electron chi connectivity index (χ3n) is 6.15. The summed E-state index contributed by atoms with van der Waals surface area (Å²) >= 11 is 0. The zero-order valence-corrected chi connectivity index (χ0v) is 18.0. The van der Waals surface area contributed by atoms with Crippen LogP contribution in [0.25, 0.3) is 33.5 Å². The van der Waals surface area contributed by atoms with Crippen LogP contribution in [-0.2, 0) is 7.05 Å². The number of benzene rings is 2. The molecule has 1 aliphatic rings. The monoisotopic (exact) mass is 426 g/mol. The third kappa shape index (κ3) is 3.29. The van der Waals surface area contributed by atoms with E-state index in [9.17, 15) is 9.65 Å². The summed E-state index contributed by atoms with van der Waals surface area (Å²) in [5.41, 5.74) is 12.7. The average molecular weight is 426 g/mol. The maximum absolute atomic E-state index is 14.3. The molecule has 5 rings (SSSR count). The lowest BCUT2D eigenvalue weighted by molar-refractivity contribution is 0.628. The van der Waals surface area contributed by atoms with Gasteiger partial charge < -0.3 is 15.2 Å². The molecule has 32 heavy (non-hydrogen) atoms. The highest BCUT2D eigenvalue weighted by Gasteiger charge is 2.27. The number of fused-ring (bicyclic) bond motifs is 1. The van der Waals surface area contributed by atoms with Crippen LogP contribution in [0.2, 0.25) is 0 Å². The Morgan fingerprint density at radius 1 is 1.19 bits per heavy atom. The van der Waals surface area contributed by atoms with Crippen LogP contribution in [0.5, 0.6) is 0 Å². The molecule has 0 spiro atoms. The van der Waals surface area contributed by atoms with E-state index in [0.717, 1.165) is 52.2 Å². The predicted molar refractivity (Wildman–Crippen MR) is 124 cm³/mol. The van der Waals surface area contributed by atoms with E-state index in [2.05, 4.69) is 14.5 Å². The van der Waals surface area contributed by atoms with Gasteiger partial charge in [-0.3, -0.25) is 4.98 Å². The zero-order chi connectivity index (χ0) is 22.4. The van der Waals surface area contributed by atoms with Crippen LogP contribution in [0.4, 0.5) is 10.1 Å². The Morgan fingerprint density at radius 2 is 2.00 bits per heavy atom. The molecule has 6 nitrogen and oxygen atoms in total. The summed E-state index contributed by atoms with van der Waals surface area (Å²) in [5.74, 6) is 0.336. The van der Waals surface area contributed by atoms with Crippen molar-refractivity contribution in [2.45, 2.75) is 19.4 Å². The number of nitrogens with zero attached hydrogens (tertiary/aromatic N) is 5. The van der Waals surface area contributed by atoms with Crippen molar-refractivity contribution in [2.24, 2.45) is 12.8 Å². The van der Waals surface area contributed by atoms with Crippen LogP contribution < -0.4 is 10.6 Å². The Morgan fingerprint density at radius 3 is 2.72 bits per heavy atom. The molecule has 4 aromatic rings. The molecular weight excluding hydrogens is 403 g/mol. The second-order valence-electron chi connectivity index (χ2n) is 8.36. The average Bonchev–Trinajstić information content (AvgIpc) is 3.37. The molecule has 0 aliphatic carbocycles. The largest absolute Gasteiger partial charge is 0.369 e. The van der Waals surface area contributed by atoms with E-state index in [1.54, 1.807) is 12.3 Å². The fourth-order valence-corrected chi connectivity index (χ4v) is 4.56. The van der Waals surface area contributed by atoms with E-state index >= 15 is 0 Å². The van der Waals surface area contributed by atoms with Crippen molar-refractivity contribution in [1.82, 2.24) is 14.5 Å². The number of anilines is 1. The van der Waals surface area contributed by atoms with Gasteiger partial charge in [0, 0.05) is 44.1 Å². The maximum Gasteiger partial charge on any atom is 0.144 e. The van der Waals surface area contributed by atoms with Gasteiger partial charge in [-0.1, -0.05) is 12.1 Å². The highest BCUT2D eigenvalue weighted by Crippen LogP contribution is 2.41. The Bertz CT molecular complexity index is 1380. The van der Waals surface area contributed by atoms with Crippen molar-refractivity contribution in [3.05, 3.63) is 65.7 Å². The van der Waals surface area contributed by atoms with Crippen LogP contribution >= 0.6 is 0 Å². The number of halogens is 1. The van der Waals surface area contributed by atoms with Crippen LogP contribution in [0.1, 0.15) is 17.5 Å². The summed E-state index contributed by atoms with van der Waals surface area (Å²) in [6.07, 6.45) is 4.41. The second-order valence-corrected chi connectivity index (χ2v) is 8.36. The molecule has 7 heteroatoms. The normalized spacial score (nSPS) is 16.0. The van der Waals surface area contributed by atoms with E-state index in [-0.39, 0.29) is 11.6 Å². The number of imidazole rings is 1. The third-order valence-corrected chi connectivity index (χ3v) is 6.15. The molecule has 0 radical (unpaired) electrons. The predicted octanol–water partition coefficient (Wildman–Crippen LogP) is 4.16. The van der Waals surface area contributed by atoms with E-state index < -0.39 is 5.82 Å². The minimum atomic E-state index is -0.452. The molecule has 0 amide bonds. The van der Waals surface area contributed by atoms with E-state index in [1.807, 2.05) is 44.4 Å². The molecule has 2 aromatic carbocycles. The van der Waals surface area contributed by atoms with Crippen molar-refractivity contribution < 1.29 is 4.39 Å². The quantitative estimate of drug-likeness (QED) is 0.532. The topological polar surface area (TPSA) is 83.8 Å². The Balaban J connectivity index is 1.79. The molecule has 2 aromatic heterocycles. The minimum Gasteiger partial charge on any atom is -0.369 e. The smallest absolute Gasteiger partial charge is 0.144 e. The lowest BCUT2D eigenvalue weighted by atomic mass is 9.99. The fraction of sp³-hybridized carbons (Fsp3) is 0.240. The summed E-state index contributed by atoms with van der Waals surface area (Å²) < 4.78 is 16.4. The van der Waals surface area contributed by atoms with Gasteiger partial charge in [0.1, 0.15) is 11.6 Å². The van der Waals surface area contributed by atoms with Gasteiger partial charge in [-0.05, 0) is 48.7 Å². The van der Waals surface area contributed by atoms with Gasteiger partial charge in [0.05, 0.1) is 33.9 Å². The second kappa shape index (κ2) is 7.74. The molecule has 160 valence electrons.